The standard InChI is InChI=1S/C90H129N23O21S/c1-10-12-25-67-81(126)101-59(24-18-32-96-90(94)95)78(123)107-66(77(122)99-42-73(93)119)45-135-46-74(120)100-62(35-50-28-30-52(115)31-29-50)85(130)109(7)49(6)76(121)103-64(39-72(92)118)87(132)112-33-19-27-68(112)82(127)102-60(38-71(91)117)79(124)104-61(34-47(3)4)88(133)113-43-53(116)37-70(113)83(128)108-75(48(5)56-41-98-58-23-17-15-21-55(56)58)84(129)106-65(44-114)80(125)105-63(36-51-40-97-57-22-16-14-20-54(51)57)86(131)111(9)69(26-13-11-2)89(134)110(67)8/h14-17,20-23,28-31,40-41,47-49,53,59-70,75,97-98,114-116H,10-13,18-19,24-27,32-39,42-46H2,1-9H3,(H2,91,117)(H2,92,118)(H2,93,119)(H,99,122)(H,100,120)(H,101,126)(H,102,127)(H,103,121)(H,104,124)(H,105,125)(H,106,129)(H,107,123)(H,108,128)(H4,94,95,96)/t48-,49-,53+,59-,60-,61-,62-,63-,64-,65-,66-,67-,68-,69-,70-,75-/m0/s1. The Morgan fingerprint density at radius 3 is 1.73 bits per heavy atom. The fraction of sp³-hybridized carbons (Fsp3) is 0.544. The van der Waals surface area contributed by atoms with Crippen LogP contribution < -0.4 is 81.4 Å². The predicted molar refractivity (Wildman–Crippen MR) is 496 cm³/mol. The Morgan fingerprint density at radius 1 is 0.541 bits per heavy atom. The molecular formula is C90H129N23O21S. The first-order chi connectivity index (χ1) is 64.1. The van der Waals surface area contributed by atoms with E-state index in [2.05, 4.69) is 68.5 Å². The van der Waals surface area contributed by atoms with Crippen LogP contribution in [0.5, 0.6) is 5.75 Å². The molecule has 0 unspecified atom stereocenters. The van der Waals surface area contributed by atoms with E-state index in [-0.39, 0.29) is 76.6 Å². The summed E-state index contributed by atoms with van der Waals surface area (Å²) >= 11 is 0.747. The van der Waals surface area contributed by atoms with Gasteiger partial charge in [-0.05, 0) is 98.7 Å². The first-order valence-corrected chi connectivity index (χ1v) is 46.3. The van der Waals surface area contributed by atoms with Crippen LogP contribution in [0.3, 0.4) is 0 Å². The Labute approximate surface area is 784 Å². The molecule has 18 amide bonds. The maximum absolute atomic E-state index is 15.8. The molecule has 5 heterocycles. The summed E-state index contributed by atoms with van der Waals surface area (Å²) in [6, 6.07) is -3.23. The van der Waals surface area contributed by atoms with E-state index in [0.717, 1.165) is 36.3 Å². The van der Waals surface area contributed by atoms with E-state index in [1.165, 1.54) is 52.3 Å². The van der Waals surface area contributed by atoms with Gasteiger partial charge in [-0.25, -0.2) is 0 Å². The molecule has 3 fully saturated rings. The molecule has 0 aliphatic carbocycles. The number of nitrogens with two attached hydrogens (primary N) is 4. The second-order valence-electron chi connectivity index (χ2n) is 34.8. The lowest BCUT2D eigenvalue weighted by Crippen LogP contribution is -2.62. The van der Waals surface area contributed by atoms with E-state index in [1.54, 1.807) is 81.7 Å². The Kier molecular flexibility index (Phi) is 40.0. The highest BCUT2D eigenvalue weighted by Gasteiger charge is 2.47. The van der Waals surface area contributed by atoms with Gasteiger partial charge in [-0.15, -0.1) is 11.8 Å². The average Bonchev–Trinajstić information content (AvgIpc) is 1.62. The van der Waals surface area contributed by atoms with Crippen molar-refractivity contribution in [2.75, 3.05) is 65.4 Å². The summed E-state index contributed by atoms with van der Waals surface area (Å²) in [4.78, 5) is 274. The Hall–Kier alpha value is -13.5. The van der Waals surface area contributed by atoms with Crippen LogP contribution in [0.15, 0.2) is 85.2 Å². The Bertz CT molecular complexity index is 5110. The zero-order chi connectivity index (χ0) is 99.4. The number of hydrogen-bond donors (Lipinski definition) is 21. The van der Waals surface area contributed by atoms with Gasteiger partial charge in [0.15, 0.2) is 5.96 Å². The number of para-hydroxylation sites is 2. The van der Waals surface area contributed by atoms with Crippen molar-refractivity contribution >= 4 is 146 Å². The van der Waals surface area contributed by atoms with Crippen molar-refractivity contribution in [3.05, 3.63) is 102 Å². The van der Waals surface area contributed by atoms with Crippen LogP contribution in [0.2, 0.25) is 0 Å². The van der Waals surface area contributed by atoms with Gasteiger partial charge in [-0.1, -0.05) is 109 Å². The number of aliphatic hydroxyl groups is 2. The summed E-state index contributed by atoms with van der Waals surface area (Å²) in [5.41, 5.74) is 25.0. The lowest BCUT2D eigenvalue weighted by molar-refractivity contribution is -0.149. The first kappa shape index (κ1) is 107. The Morgan fingerprint density at radius 2 is 1.09 bits per heavy atom. The molecule has 5 aromatic rings. The number of guanidine groups is 1. The summed E-state index contributed by atoms with van der Waals surface area (Å²) in [7, 11) is 3.86. The molecule has 3 aliphatic heterocycles. The molecule has 0 bridgehead atoms. The number of carbonyl (C=O) groups is 18. The first-order valence-electron chi connectivity index (χ1n) is 45.2. The van der Waals surface area contributed by atoms with E-state index >= 15 is 33.6 Å². The molecule has 16 atom stereocenters. The topological polar surface area (TPSA) is 676 Å². The second-order valence-corrected chi connectivity index (χ2v) is 35.8. The smallest absolute Gasteiger partial charge is 0.246 e. The molecule has 44 nitrogen and oxygen atoms in total. The fourth-order valence-corrected chi connectivity index (χ4v) is 17.5. The number of phenols is 1. The third-order valence-electron chi connectivity index (χ3n) is 24.2. The molecule has 2 aromatic heterocycles. The number of hydrogen-bond acceptors (Lipinski definition) is 23. The van der Waals surface area contributed by atoms with E-state index in [0.29, 0.717) is 64.2 Å². The van der Waals surface area contributed by atoms with E-state index in [1.807, 2.05) is 13.8 Å². The van der Waals surface area contributed by atoms with Gasteiger partial charge in [0.1, 0.15) is 90.3 Å². The number of rotatable bonds is 26. The quantitative estimate of drug-likeness (QED) is 0.0145. The SMILES string of the molecule is CCCC[C@H]1C(=O)N(C)[C@@H](CCCC)C(=O)N[C@@H](CCCNC(=N)N)C(=O)N[C@H](C(=O)NCC(N)=O)CSCC(=O)N[C@@H](Cc2ccc(O)cc2)C(=O)N(C)[C@@H](C)C(=O)N[C@@H](CC(N)=O)C(=O)N2CCC[C@H]2C(=O)N[C@@H](CC(N)=O)C(=O)N[C@@H](CC(C)C)C(=O)N2C[C@H](O)C[C@H]2C(=O)N[C@@H]([C@@H](C)c2c[nH]c3ccccc23)C(=O)N[C@@H](CO)C(=O)N[C@@H](Cc2c[nH]c3ccccc23)C(=O)N1C. The number of nitrogens with zero attached hydrogens (tertiary/aromatic N) is 5. The maximum Gasteiger partial charge on any atom is 0.246 e. The van der Waals surface area contributed by atoms with Crippen molar-refractivity contribution in [3.63, 3.8) is 0 Å². The number of carbonyl (C=O) groups excluding carboxylic acids is 18. The van der Waals surface area contributed by atoms with Crippen LogP contribution in [-0.4, -0.2) is 318 Å². The van der Waals surface area contributed by atoms with Gasteiger partial charge in [-0.2, -0.15) is 0 Å². The Balaban J connectivity index is 1.21. The van der Waals surface area contributed by atoms with Crippen molar-refractivity contribution in [3.8, 4) is 5.75 Å². The minimum atomic E-state index is -1.92. The number of likely N-dealkylation sites (N-methyl/N-ethyl adjacent to an activating group) is 3. The fourth-order valence-electron chi connectivity index (χ4n) is 16.7. The highest BCUT2D eigenvalue weighted by atomic mass is 32.2. The normalized spacial score (nSPS) is 25.0. The average molecular weight is 1900 g/mol. The number of aliphatic hydroxyl groups excluding tert-OH is 2. The third-order valence-corrected chi connectivity index (χ3v) is 25.2. The maximum atomic E-state index is 15.8. The van der Waals surface area contributed by atoms with Gasteiger partial charge < -0.3 is 131 Å². The monoisotopic (exact) mass is 1900 g/mol. The van der Waals surface area contributed by atoms with Crippen molar-refractivity contribution in [2.45, 2.75) is 241 Å². The molecule has 3 aliphatic rings. The number of fused-ring (bicyclic) bond motifs is 4. The minimum absolute atomic E-state index is 0.0223. The van der Waals surface area contributed by atoms with Crippen molar-refractivity contribution < 1.29 is 102 Å². The minimum Gasteiger partial charge on any atom is -0.508 e. The zero-order valence-electron chi connectivity index (χ0n) is 77.3. The number of aromatic hydroxyl groups is 1. The molecule has 736 valence electrons. The lowest BCUT2D eigenvalue weighted by Gasteiger charge is -2.36. The highest BCUT2D eigenvalue weighted by Crippen LogP contribution is 2.31. The number of amides is 18. The zero-order valence-corrected chi connectivity index (χ0v) is 78.1. The van der Waals surface area contributed by atoms with Crippen molar-refractivity contribution in [1.29, 1.82) is 5.41 Å². The molecule has 45 heteroatoms. The van der Waals surface area contributed by atoms with Crippen LogP contribution in [0.1, 0.15) is 154 Å². The van der Waals surface area contributed by atoms with Gasteiger partial charge in [-0.3, -0.25) is 91.7 Å². The van der Waals surface area contributed by atoms with E-state index < -0.39 is 265 Å². The molecule has 0 saturated carbocycles. The summed E-state index contributed by atoms with van der Waals surface area (Å²) < 4.78 is 0. The highest BCUT2D eigenvalue weighted by molar-refractivity contribution is 8.00. The molecule has 3 saturated heterocycles. The van der Waals surface area contributed by atoms with E-state index in [9.17, 15) is 68.1 Å². The number of primary amides is 3. The van der Waals surface area contributed by atoms with Crippen LogP contribution in [0, 0.1) is 11.3 Å². The van der Waals surface area contributed by atoms with Gasteiger partial charge in [0.2, 0.25) is 106 Å². The second kappa shape index (κ2) is 50.6. The number of nitrogens with one attached hydrogen (secondary N) is 14. The molecule has 0 radical (unpaired) electrons. The van der Waals surface area contributed by atoms with Crippen LogP contribution in [0.25, 0.3) is 21.8 Å². The predicted octanol–water partition coefficient (Wildman–Crippen LogP) is -3.46. The third kappa shape index (κ3) is 29.8. The summed E-state index contributed by atoms with van der Waals surface area (Å²) in [5, 5.41) is 70.5. The van der Waals surface area contributed by atoms with E-state index in [4.69, 9.17) is 28.3 Å². The van der Waals surface area contributed by atoms with Crippen LogP contribution in [-0.2, 0) is 99.1 Å². The van der Waals surface area contributed by atoms with Gasteiger partial charge in [0.05, 0.1) is 37.9 Å². The van der Waals surface area contributed by atoms with Gasteiger partial charge in [0, 0.05) is 106 Å². The number of aromatic amines is 2. The van der Waals surface area contributed by atoms with Crippen molar-refractivity contribution in [1.82, 2.24) is 93.0 Å². The molecule has 3 aromatic carbocycles. The van der Waals surface area contributed by atoms with Gasteiger partial charge in [0.25, 0.3) is 0 Å². The van der Waals surface area contributed by atoms with Gasteiger partial charge >= 0.3 is 0 Å². The van der Waals surface area contributed by atoms with Crippen LogP contribution >= 0.6 is 11.8 Å². The number of phenolic OH excluding ortho intramolecular Hbond substituents is 1. The molecule has 0 spiro atoms. The number of benzene rings is 3. The number of unbranched alkanes of at least 4 members (excludes halogenated alkanes) is 2. The van der Waals surface area contributed by atoms with Crippen molar-refractivity contribution in [2.24, 2.45) is 28.9 Å². The summed E-state index contributed by atoms with van der Waals surface area (Å²) in [5.74, 6) is -21.1. The van der Waals surface area contributed by atoms with Crippen LogP contribution in [0.4, 0.5) is 0 Å². The molecule has 25 N–H and O–H groups in total. The number of thioether (sulfide) groups is 1. The number of aromatic nitrogens is 2. The molecule has 8 rings (SSSR count). The summed E-state index contributed by atoms with van der Waals surface area (Å²) in [6.45, 7) is 7.28. The largest absolute Gasteiger partial charge is 0.508 e. The summed E-state index contributed by atoms with van der Waals surface area (Å²) in [6.07, 6.45) is 0.191. The molecule has 135 heavy (non-hydrogen) atoms. The number of H-pyrrole nitrogens is 2. The lowest BCUT2D eigenvalue weighted by atomic mass is 9.91. The molecular weight excluding hydrogens is 1770 g/mol.